The summed E-state index contributed by atoms with van der Waals surface area (Å²) in [4.78, 5) is 10.8. The molecule has 12 heavy (non-hydrogen) atoms. The first-order chi connectivity index (χ1) is 5.72. The maximum atomic E-state index is 10.8. The molecule has 1 atom stereocenters. The lowest BCUT2D eigenvalue weighted by Crippen LogP contribution is -2.31. The number of rotatable bonds is 6. The highest BCUT2D eigenvalue weighted by Crippen LogP contribution is 2.02. The fraction of sp³-hybridized carbons (Fsp3) is 0.875. The summed E-state index contributed by atoms with van der Waals surface area (Å²) < 4.78 is 4.48. The highest BCUT2D eigenvalue weighted by Gasteiger charge is 2.11. The molecule has 0 bridgehead atoms. The Morgan fingerprint density at radius 1 is 1.42 bits per heavy atom. The van der Waals surface area contributed by atoms with Gasteiger partial charge in [0.15, 0.2) is 0 Å². The zero-order valence-corrected chi connectivity index (χ0v) is 7.58. The number of carbonyl (C=O) groups excluding carboxylic acids is 1. The summed E-state index contributed by atoms with van der Waals surface area (Å²) in [5.41, 5.74) is 10.8. The molecule has 0 saturated heterocycles. The van der Waals surface area contributed by atoms with Crippen molar-refractivity contribution in [3.05, 3.63) is 0 Å². The summed E-state index contributed by atoms with van der Waals surface area (Å²) in [6, 6.07) is -0.465. The second kappa shape index (κ2) is 7.06. The maximum absolute atomic E-state index is 10.8. The van der Waals surface area contributed by atoms with Gasteiger partial charge in [-0.15, -0.1) is 0 Å². The molecule has 0 spiro atoms. The van der Waals surface area contributed by atoms with Gasteiger partial charge in [0.05, 0.1) is 7.11 Å². The Hall–Kier alpha value is -0.610. The molecule has 0 aliphatic heterocycles. The largest absolute Gasteiger partial charge is 0.468 e. The zero-order chi connectivity index (χ0) is 9.40. The monoisotopic (exact) mass is 174 g/mol. The highest BCUT2D eigenvalue weighted by molar-refractivity contribution is 5.75. The molecule has 0 aromatic heterocycles. The van der Waals surface area contributed by atoms with Crippen LogP contribution in [0.2, 0.25) is 0 Å². The van der Waals surface area contributed by atoms with Gasteiger partial charge in [-0.25, -0.2) is 0 Å². The molecule has 0 aliphatic carbocycles. The third-order valence-corrected chi connectivity index (χ3v) is 1.72. The van der Waals surface area contributed by atoms with E-state index < -0.39 is 6.04 Å². The van der Waals surface area contributed by atoms with Gasteiger partial charge in [0.1, 0.15) is 6.04 Å². The van der Waals surface area contributed by atoms with E-state index in [9.17, 15) is 4.79 Å². The van der Waals surface area contributed by atoms with Gasteiger partial charge in [-0.3, -0.25) is 4.79 Å². The smallest absolute Gasteiger partial charge is 0.322 e. The summed E-state index contributed by atoms with van der Waals surface area (Å²) >= 11 is 0. The quantitative estimate of drug-likeness (QED) is 0.439. The van der Waals surface area contributed by atoms with Gasteiger partial charge < -0.3 is 16.2 Å². The molecule has 0 aliphatic rings. The summed E-state index contributed by atoms with van der Waals surface area (Å²) in [6.07, 6.45) is 3.65. The van der Waals surface area contributed by atoms with Gasteiger partial charge >= 0.3 is 5.97 Å². The van der Waals surface area contributed by atoms with E-state index in [1.54, 1.807) is 0 Å². The number of esters is 1. The molecule has 0 aromatic carbocycles. The van der Waals surface area contributed by atoms with Crippen molar-refractivity contribution in [1.82, 2.24) is 0 Å². The molecule has 0 rings (SSSR count). The number of nitrogens with two attached hydrogens (primary N) is 2. The molecule has 0 fully saturated rings. The zero-order valence-electron chi connectivity index (χ0n) is 7.58. The Kier molecular flexibility index (Phi) is 6.70. The number of methoxy groups -OCH3 is 1. The number of ether oxygens (including phenoxy) is 1. The van der Waals surface area contributed by atoms with Gasteiger partial charge in [-0.2, -0.15) is 0 Å². The van der Waals surface area contributed by atoms with E-state index in [1.807, 2.05) is 0 Å². The first-order valence-corrected chi connectivity index (χ1v) is 4.26. The van der Waals surface area contributed by atoms with Crippen LogP contribution < -0.4 is 11.5 Å². The Morgan fingerprint density at radius 2 is 2.08 bits per heavy atom. The first kappa shape index (κ1) is 11.4. The predicted octanol–water partition coefficient (Wildman–Crippen LogP) is 0.00580. The van der Waals surface area contributed by atoms with E-state index in [2.05, 4.69) is 4.74 Å². The molecule has 4 heteroatoms. The van der Waals surface area contributed by atoms with Crippen LogP contribution in [0.5, 0.6) is 0 Å². The molecule has 4 N–H and O–H groups in total. The summed E-state index contributed by atoms with van der Waals surface area (Å²) in [5.74, 6) is -0.331. The summed E-state index contributed by atoms with van der Waals surface area (Å²) in [7, 11) is 1.35. The van der Waals surface area contributed by atoms with Crippen LogP contribution in [0.25, 0.3) is 0 Å². The molecule has 0 heterocycles. The lowest BCUT2D eigenvalue weighted by Gasteiger charge is -2.07. The van der Waals surface area contributed by atoms with Crippen molar-refractivity contribution in [2.75, 3.05) is 13.7 Å². The second-order valence-electron chi connectivity index (χ2n) is 2.77. The Bertz CT molecular complexity index is 128. The molecule has 0 amide bonds. The van der Waals surface area contributed by atoms with Gasteiger partial charge in [0, 0.05) is 0 Å². The van der Waals surface area contributed by atoms with Gasteiger partial charge in [0.25, 0.3) is 0 Å². The van der Waals surface area contributed by atoms with Crippen molar-refractivity contribution in [2.24, 2.45) is 11.5 Å². The van der Waals surface area contributed by atoms with Crippen LogP contribution in [0.3, 0.4) is 0 Å². The number of hydrogen-bond acceptors (Lipinski definition) is 4. The fourth-order valence-electron chi connectivity index (χ4n) is 0.955. The van der Waals surface area contributed by atoms with E-state index in [1.165, 1.54) is 7.11 Å². The van der Waals surface area contributed by atoms with Gasteiger partial charge in [-0.05, 0) is 19.4 Å². The van der Waals surface area contributed by atoms with Crippen LogP contribution in [0.1, 0.15) is 25.7 Å². The SMILES string of the molecule is COC(=O)[C@@H](N)CCCCCN. The minimum atomic E-state index is -0.465. The van der Waals surface area contributed by atoms with Crippen LogP contribution >= 0.6 is 0 Å². The Labute approximate surface area is 73.2 Å². The molecule has 0 saturated carbocycles. The summed E-state index contributed by atoms with van der Waals surface area (Å²) in [5, 5.41) is 0. The third kappa shape index (κ3) is 5.09. The maximum Gasteiger partial charge on any atom is 0.322 e. The standard InChI is InChI=1S/C8H18N2O2/c1-12-8(11)7(10)5-3-2-4-6-9/h7H,2-6,9-10H2,1H3/t7-/m0/s1. The van der Waals surface area contributed by atoms with Crippen molar-refractivity contribution in [1.29, 1.82) is 0 Å². The molecular formula is C8H18N2O2. The first-order valence-electron chi connectivity index (χ1n) is 4.26. The molecule has 0 aromatic rings. The lowest BCUT2D eigenvalue weighted by atomic mass is 10.1. The summed E-state index contributed by atoms with van der Waals surface area (Å²) in [6.45, 7) is 0.702. The predicted molar refractivity (Wildman–Crippen MR) is 47.5 cm³/mol. The number of hydrogen-bond donors (Lipinski definition) is 2. The third-order valence-electron chi connectivity index (χ3n) is 1.72. The molecule has 72 valence electrons. The molecule has 0 radical (unpaired) electrons. The molecular weight excluding hydrogens is 156 g/mol. The van der Waals surface area contributed by atoms with Crippen molar-refractivity contribution in [3.63, 3.8) is 0 Å². The Balaban J connectivity index is 3.31. The van der Waals surface area contributed by atoms with Crippen LogP contribution in [-0.2, 0) is 9.53 Å². The van der Waals surface area contributed by atoms with E-state index in [-0.39, 0.29) is 5.97 Å². The van der Waals surface area contributed by atoms with Crippen LogP contribution in [0.4, 0.5) is 0 Å². The number of carbonyl (C=O) groups is 1. The highest BCUT2D eigenvalue weighted by atomic mass is 16.5. The second-order valence-corrected chi connectivity index (χ2v) is 2.77. The van der Waals surface area contributed by atoms with E-state index in [0.717, 1.165) is 19.3 Å². The van der Waals surface area contributed by atoms with Crippen LogP contribution in [0, 0.1) is 0 Å². The normalized spacial score (nSPS) is 12.6. The van der Waals surface area contributed by atoms with Crippen molar-refractivity contribution in [3.8, 4) is 0 Å². The van der Waals surface area contributed by atoms with Crippen LogP contribution in [0.15, 0.2) is 0 Å². The average Bonchev–Trinajstić information content (AvgIpc) is 2.10. The Morgan fingerprint density at radius 3 is 2.58 bits per heavy atom. The van der Waals surface area contributed by atoms with E-state index in [4.69, 9.17) is 11.5 Å². The minimum absolute atomic E-state index is 0.331. The van der Waals surface area contributed by atoms with E-state index >= 15 is 0 Å². The van der Waals surface area contributed by atoms with Gasteiger partial charge in [0.2, 0.25) is 0 Å². The fourth-order valence-corrected chi connectivity index (χ4v) is 0.955. The van der Waals surface area contributed by atoms with E-state index in [0.29, 0.717) is 13.0 Å². The van der Waals surface area contributed by atoms with Gasteiger partial charge in [-0.1, -0.05) is 12.8 Å². The average molecular weight is 174 g/mol. The minimum Gasteiger partial charge on any atom is -0.468 e. The lowest BCUT2D eigenvalue weighted by molar-refractivity contribution is -0.142. The van der Waals surface area contributed by atoms with Crippen molar-refractivity contribution in [2.45, 2.75) is 31.7 Å². The van der Waals surface area contributed by atoms with Crippen LogP contribution in [-0.4, -0.2) is 25.7 Å². The van der Waals surface area contributed by atoms with Crippen molar-refractivity contribution >= 4 is 5.97 Å². The van der Waals surface area contributed by atoms with Crippen molar-refractivity contribution < 1.29 is 9.53 Å². The number of unbranched alkanes of at least 4 members (excludes halogenated alkanes) is 2. The topological polar surface area (TPSA) is 78.3 Å². The molecule has 0 unspecified atom stereocenters. The molecule has 4 nitrogen and oxygen atoms in total.